The monoisotopic (exact) mass is 729 g/mol. The zero-order valence-corrected chi connectivity index (χ0v) is 33.9. The van der Waals surface area contributed by atoms with Crippen LogP contribution in [0.4, 0.5) is 0 Å². The summed E-state index contributed by atoms with van der Waals surface area (Å²) in [6, 6.07) is 0. The molecule has 7 heteroatoms. The summed E-state index contributed by atoms with van der Waals surface area (Å²) in [5, 5.41) is 22.3. The predicted octanol–water partition coefficient (Wildman–Crippen LogP) is 12.7. The number of aliphatic hydroxyl groups excluding tert-OH is 2. The molecule has 0 aliphatic carbocycles. The van der Waals surface area contributed by atoms with Crippen molar-refractivity contribution in [3.8, 4) is 0 Å². The van der Waals surface area contributed by atoms with Crippen molar-refractivity contribution in [1.82, 2.24) is 0 Å². The van der Waals surface area contributed by atoms with Crippen LogP contribution in [0.2, 0.25) is 0 Å². The average molecular weight is 729 g/mol. The molecule has 0 bridgehead atoms. The molecule has 0 aromatic carbocycles. The lowest BCUT2D eigenvalue weighted by molar-refractivity contribution is -0.0620. The van der Waals surface area contributed by atoms with E-state index in [0.29, 0.717) is 16.5 Å². The van der Waals surface area contributed by atoms with Crippen molar-refractivity contribution >= 4 is 34.5 Å². The van der Waals surface area contributed by atoms with Gasteiger partial charge in [-0.05, 0) is 37.3 Å². The van der Waals surface area contributed by atoms with Crippen LogP contribution in [0.3, 0.4) is 0 Å². The molecule has 4 atom stereocenters. The lowest BCUT2D eigenvalue weighted by Crippen LogP contribution is -2.43. The summed E-state index contributed by atoms with van der Waals surface area (Å²) in [4.78, 5) is 0. The molecule has 1 heterocycles. The van der Waals surface area contributed by atoms with Gasteiger partial charge in [0.15, 0.2) is 16.2 Å². The van der Waals surface area contributed by atoms with Crippen molar-refractivity contribution in [3.63, 3.8) is 0 Å². The zero-order chi connectivity index (χ0) is 35.6. The first-order chi connectivity index (χ1) is 24.0. The minimum Gasteiger partial charge on any atom is -0.484 e. The van der Waals surface area contributed by atoms with E-state index in [9.17, 15) is 10.2 Å². The standard InChI is InChI=1S/C42H80O5S2/c1-3-5-7-9-11-13-15-17-19-21-23-25-27-29-31-33-39(48)45-35-37(43)41-42(38(44)36-46-41)47-40(49)34-32-30-28-26-24-22-20-18-16-14-12-10-8-6-4-2/h37-38,41-44H,3-36H2,1-2H3/t37-,38+,41-,42-/m1/s1. The van der Waals surface area contributed by atoms with E-state index in [1.165, 1.54) is 167 Å². The SMILES string of the molecule is CCCCCCCCCCCCCCCCCC(=S)OC[C@@H](O)[C@H]1OC[C@H](O)[C@H]1OC(=S)CCCCCCCCCCCCCCCCC. The number of rotatable bonds is 36. The fourth-order valence-electron chi connectivity index (χ4n) is 6.93. The summed E-state index contributed by atoms with van der Waals surface area (Å²) in [6.07, 6.45) is 38.3. The summed E-state index contributed by atoms with van der Waals surface area (Å²) in [6.45, 7) is 4.72. The van der Waals surface area contributed by atoms with Crippen molar-refractivity contribution in [1.29, 1.82) is 0 Å². The molecular formula is C42H80O5S2. The average Bonchev–Trinajstić information content (AvgIpc) is 3.46. The second-order valence-corrected chi connectivity index (χ2v) is 15.9. The van der Waals surface area contributed by atoms with Gasteiger partial charge in [0.25, 0.3) is 0 Å². The van der Waals surface area contributed by atoms with Crippen LogP contribution in [0.25, 0.3) is 0 Å². The van der Waals surface area contributed by atoms with Gasteiger partial charge in [-0.15, -0.1) is 0 Å². The van der Waals surface area contributed by atoms with Crippen molar-refractivity contribution < 1.29 is 24.4 Å². The third kappa shape index (κ3) is 27.9. The van der Waals surface area contributed by atoms with Crippen LogP contribution >= 0.6 is 24.4 Å². The van der Waals surface area contributed by atoms with Crippen LogP contribution in [0.1, 0.15) is 219 Å². The number of hydrogen-bond acceptors (Lipinski definition) is 7. The number of ether oxygens (including phenoxy) is 3. The van der Waals surface area contributed by atoms with Gasteiger partial charge in [0.05, 0.1) is 6.61 Å². The molecule has 0 aromatic rings. The lowest BCUT2D eigenvalue weighted by atomic mass is 10.0. The Balaban J connectivity index is 2.01. The fourth-order valence-corrected chi connectivity index (χ4v) is 7.40. The Hall–Kier alpha value is -0.340. The van der Waals surface area contributed by atoms with E-state index in [1.54, 1.807) is 0 Å². The first kappa shape index (κ1) is 46.7. The number of aliphatic hydroxyl groups is 2. The molecule has 49 heavy (non-hydrogen) atoms. The minimum absolute atomic E-state index is 0.0423. The van der Waals surface area contributed by atoms with Gasteiger partial charge in [-0.2, -0.15) is 0 Å². The maximum atomic E-state index is 10.8. The van der Waals surface area contributed by atoms with Crippen LogP contribution in [-0.4, -0.2) is 57.9 Å². The Morgan fingerprint density at radius 2 is 0.878 bits per heavy atom. The van der Waals surface area contributed by atoms with Gasteiger partial charge in [-0.25, -0.2) is 0 Å². The highest BCUT2D eigenvalue weighted by Crippen LogP contribution is 2.23. The summed E-state index contributed by atoms with van der Waals surface area (Å²) in [5.41, 5.74) is 0. The van der Waals surface area contributed by atoms with Crippen molar-refractivity contribution in [2.75, 3.05) is 13.2 Å². The van der Waals surface area contributed by atoms with Crippen LogP contribution in [0, 0.1) is 0 Å². The van der Waals surface area contributed by atoms with Crippen molar-refractivity contribution in [2.24, 2.45) is 0 Å². The normalized spacial score (nSPS) is 18.2. The van der Waals surface area contributed by atoms with Gasteiger partial charge < -0.3 is 24.4 Å². The van der Waals surface area contributed by atoms with E-state index in [0.717, 1.165) is 32.1 Å². The van der Waals surface area contributed by atoms with Crippen LogP contribution in [0.5, 0.6) is 0 Å². The van der Waals surface area contributed by atoms with E-state index >= 15 is 0 Å². The highest BCUT2D eigenvalue weighted by Gasteiger charge is 2.43. The van der Waals surface area contributed by atoms with E-state index in [-0.39, 0.29) is 13.2 Å². The molecule has 2 N–H and O–H groups in total. The maximum Gasteiger partial charge on any atom is 0.160 e. The summed E-state index contributed by atoms with van der Waals surface area (Å²) < 4.78 is 17.4. The molecule has 0 spiro atoms. The molecule has 0 unspecified atom stereocenters. The molecule has 0 saturated carbocycles. The fraction of sp³-hybridized carbons (Fsp3) is 0.952. The highest BCUT2D eigenvalue weighted by molar-refractivity contribution is 7.80. The van der Waals surface area contributed by atoms with Crippen LogP contribution < -0.4 is 0 Å². The maximum absolute atomic E-state index is 10.8. The quantitative estimate of drug-likeness (QED) is 0.0492. The van der Waals surface area contributed by atoms with Gasteiger partial charge in [-0.3, -0.25) is 0 Å². The minimum atomic E-state index is -0.935. The third-order valence-electron chi connectivity index (χ3n) is 10.2. The van der Waals surface area contributed by atoms with E-state index in [4.69, 9.17) is 38.6 Å². The second kappa shape index (κ2) is 34.7. The Morgan fingerprint density at radius 3 is 1.24 bits per heavy atom. The molecule has 1 aliphatic rings. The van der Waals surface area contributed by atoms with Gasteiger partial charge in [0.2, 0.25) is 0 Å². The first-order valence-corrected chi connectivity index (χ1v) is 22.1. The highest BCUT2D eigenvalue weighted by atomic mass is 32.1. The Kier molecular flexibility index (Phi) is 33.1. The van der Waals surface area contributed by atoms with Crippen molar-refractivity contribution in [3.05, 3.63) is 0 Å². The molecule has 1 aliphatic heterocycles. The largest absolute Gasteiger partial charge is 0.484 e. The second-order valence-electron chi connectivity index (χ2n) is 15.0. The Bertz CT molecular complexity index is 751. The molecule has 1 fully saturated rings. The first-order valence-electron chi connectivity index (χ1n) is 21.3. The van der Waals surface area contributed by atoms with E-state index in [1.807, 2.05) is 0 Å². The summed E-state index contributed by atoms with van der Waals surface area (Å²) >= 11 is 10.9. The smallest absolute Gasteiger partial charge is 0.160 e. The predicted molar refractivity (Wildman–Crippen MR) is 217 cm³/mol. The van der Waals surface area contributed by atoms with E-state index < -0.39 is 24.4 Å². The molecule has 290 valence electrons. The molecule has 0 radical (unpaired) electrons. The van der Waals surface area contributed by atoms with Crippen LogP contribution in [-0.2, 0) is 14.2 Å². The number of thiocarbonyl (C=S) groups is 2. The van der Waals surface area contributed by atoms with Gasteiger partial charge >= 0.3 is 0 Å². The number of hydrogen-bond donors (Lipinski definition) is 2. The van der Waals surface area contributed by atoms with Gasteiger partial charge in [0, 0.05) is 12.8 Å². The molecule has 1 saturated heterocycles. The molecule has 5 nitrogen and oxygen atoms in total. The lowest BCUT2D eigenvalue weighted by Gasteiger charge is -2.26. The molecule has 0 aromatic heterocycles. The van der Waals surface area contributed by atoms with E-state index in [2.05, 4.69) is 13.8 Å². The summed E-state index contributed by atoms with van der Waals surface area (Å²) in [7, 11) is 0. The van der Waals surface area contributed by atoms with Gasteiger partial charge in [0.1, 0.15) is 24.9 Å². The third-order valence-corrected chi connectivity index (χ3v) is 10.8. The summed E-state index contributed by atoms with van der Waals surface area (Å²) in [5.74, 6) is 0. The number of unbranched alkanes of at least 4 members (excludes halogenated alkanes) is 28. The zero-order valence-electron chi connectivity index (χ0n) is 32.3. The molecular weight excluding hydrogens is 649 g/mol. The molecule has 0 amide bonds. The Morgan fingerprint density at radius 1 is 0.551 bits per heavy atom. The topological polar surface area (TPSA) is 68.2 Å². The molecule has 1 rings (SSSR count). The van der Waals surface area contributed by atoms with Crippen LogP contribution in [0.15, 0.2) is 0 Å². The van der Waals surface area contributed by atoms with Crippen molar-refractivity contribution in [2.45, 2.75) is 244 Å². The van der Waals surface area contributed by atoms with Gasteiger partial charge in [-0.1, -0.05) is 194 Å². The Labute approximate surface area is 314 Å².